The molecule has 4 rings (SSSR count). The zero-order chi connectivity index (χ0) is 26.5. The Morgan fingerprint density at radius 3 is 2.56 bits per heavy atom. The Morgan fingerprint density at radius 1 is 1.25 bits per heavy atom. The van der Waals surface area contributed by atoms with E-state index in [4.69, 9.17) is 24.0 Å². The first-order chi connectivity index (χ1) is 17.0. The fraction of sp³-hybridized carbons (Fsp3) is 0.350. The van der Waals surface area contributed by atoms with Crippen molar-refractivity contribution in [3.63, 3.8) is 0 Å². The van der Waals surface area contributed by atoms with E-state index in [1.165, 1.54) is 23.1 Å². The molecule has 2 aromatic heterocycles. The Kier molecular flexibility index (Phi) is 8.76. The molecule has 16 heteroatoms. The minimum Gasteiger partial charge on any atom is -0.441 e. The summed E-state index contributed by atoms with van der Waals surface area (Å²) >= 11 is 0. The molecular formula is C20H23F2N6O7P. The second-order valence-electron chi connectivity index (χ2n) is 7.57. The number of aryl methyl sites for hydroxylation is 1. The van der Waals surface area contributed by atoms with Crippen LogP contribution >= 0.6 is 7.82 Å². The highest BCUT2D eigenvalue weighted by Crippen LogP contribution is 2.30. The van der Waals surface area contributed by atoms with Gasteiger partial charge in [-0.1, -0.05) is 13.0 Å². The van der Waals surface area contributed by atoms with Crippen molar-refractivity contribution < 1.29 is 42.7 Å². The zero-order valence-electron chi connectivity index (χ0n) is 18.8. The number of hydrogen-bond acceptors (Lipinski definition) is 8. The number of anilines is 1. The number of alkyl halides is 1. The highest BCUT2D eigenvalue weighted by atomic mass is 31.2. The van der Waals surface area contributed by atoms with Gasteiger partial charge in [-0.15, -0.1) is 10.2 Å². The van der Waals surface area contributed by atoms with Crippen LogP contribution in [0.3, 0.4) is 0 Å². The van der Waals surface area contributed by atoms with Crippen molar-refractivity contribution >= 4 is 19.6 Å². The highest BCUT2D eigenvalue weighted by molar-refractivity contribution is 7.45. The molecule has 4 N–H and O–H groups in total. The van der Waals surface area contributed by atoms with Crippen LogP contribution in [0.5, 0.6) is 0 Å². The Bertz CT molecular complexity index is 1230. The molecule has 0 aliphatic carbocycles. The standard InChI is InChI=1S/C20H20F2N6O3.H3O4P/c1-2-7-28-25-19(24-26-28)16-6-3-12(10-23-16)14-5-4-13(8-15(14)22)27-11-18(17(29)9-21)31-20(27)30;1-5(2,3)4/h3-6,8,10,17-18,29H,2,7,9,11H2,1H3;(H3,1,2,3,4). The molecule has 0 bridgehead atoms. The maximum Gasteiger partial charge on any atom is 0.466 e. The molecule has 1 fully saturated rings. The van der Waals surface area contributed by atoms with Gasteiger partial charge in [-0.25, -0.2) is 18.1 Å². The maximum atomic E-state index is 14.8. The number of amides is 1. The van der Waals surface area contributed by atoms with Crippen LogP contribution in [0.25, 0.3) is 22.6 Å². The van der Waals surface area contributed by atoms with E-state index in [9.17, 15) is 18.7 Å². The third-order valence-electron chi connectivity index (χ3n) is 4.87. The average Bonchev–Trinajstić information content (AvgIpc) is 3.45. The first kappa shape index (κ1) is 27.2. The van der Waals surface area contributed by atoms with E-state index in [1.807, 2.05) is 6.92 Å². The Labute approximate surface area is 203 Å². The van der Waals surface area contributed by atoms with Crippen molar-refractivity contribution in [3.05, 3.63) is 42.3 Å². The van der Waals surface area contributed by atoms with Crippen LogP contribution in [0.1, 0.15) is 13.3 Å². The summed E-state index contributed by atoms with van der Waals surface area (Å²) in [5, 5.41) is 21.7. The number of cyclic esters (lactones) is 1. The third kappa shape index (κ3) is 7.08. The topological polar surface area (TPSA) is 184 Å². The van der Waals surface area contributed by atoms with Crippen molar-refractivity contribution in [1.29, 1.82) is 0 Å². The van der Waals surface area contributed by atoms with Gasteiger partial charge in [0.15, 0.2) is 6.10 Å². The number of aliphatic hydroxyl groups is 1. The fourth-order valence-corrected chi connectivity index (χ4v) is 3.23. The van der Waals surface area contributed by atoms with Gasteiger partial charge in [-0.05, 0) is 35.9 Å². The molecule has 194 valence electrons. The number of phosphoric acid groups is 1. The number of hydrogen-bond donors (Lipinski definition) is 4. The number of tetrazole rings is 1. The minimum absolute atomic E-state index is 0.0648. The number of halogens is 2. The summed E-state index contributed by atoms with van der Waals surface area (Å²) < 4.78 is 41.3. The molecule has 3 heterocycles. The number of rotatable bonds is 7. The molecule has 3 aromatic rings. The third-order valence-corrected chi connectivity index (χ3v) is 4.87. The lowest BCUT2D eigenvalue weighted by molar-refractivity contribution is 0.0188. The largest absolute Gasteiger partial charge is 0.466 e. The summed E-state index contributed by atoms with van der Waals surface area (Å²) in [4.78, 5) is 40.5. The Hall–Kier alpha value is -3.36. The number of aliphatic hydroxyl groups excluding tert-OH is 1. The van der Waals surface area contributed by atoms with Gasteiger partial charge in [0, 0.05) is 17.3 Å². The lowest BCUT2D eigenvalue weighted by Crippen LogP contribution is -2.32. The van der Waals surface area contributed by atoms with Crippen LogP contribution in [-0.4, -0.2) is 76.5 Å². The highest BCUT2D eigenvalue weighted by Gasteiger charge is 2.37. The number of nitrogens with zero attached hydrogens (tertiary/aromatic N) is 6. The van der Waals surface area contributed by atoms with Gasteiger partial charge in [-0.3, -0.25) is 9.88 Å². The van der Waals surface area contributed by atoms with Gasteiger partial charge < -0.3 is 24.5 Å². The smallest absolute Gasteiger partial charge is 0.441 e. The lowest BCUT2D eigenvalue weighted by Gasteiger charge is -2.15. The summed E-state index contributed by atoms with van der Waals surface area (Å²) in [6.45, 7) is 1.56. The van der Waals surface area contributed by atoms with E-state index >= 15 is 0 Å². The summed E-state index contributed by atoms with van der Waals surface area (Å²) in [5.74, 6) is -0.185. The SMILES string of the molecule is CCCn1nnc(-c2ccc(-c3ccc(N4CC(C(O)CF)OC4=O)cc3F)cn2)n1.O=P(O)(O)O. The first-order valence-corrected chi connectivity index (χ1v) is 12.1. The van der Waals surface area contributed by atoms with Crippen LogP contribution in [-0.2, 0) is 15.8 Å². The predicted molar refractivity (Wildman–Crippen MR) is 121 cm³/mol. The molecule has 36 heavy (non-hydrogen) atoms. The second kappa shape index (κ2) is 11.6. The van der Waals surface area contributed by atoms with E-state index in [0.717, 1.165) is 11.3 Å². The zero-order valence-corrected chi connectivity index (χ0v) is 19.7. The van der Waals surface area contributed by atoms with Gasteiger partial charge in [0.2, 0.25) is 5.82 Å². The van der Waals surface area contributed by atoms with Gasteiger partial charge in [0.25, 0.3) is 0 Å². The quantitative estimate of drug-likeness (QED) is 0.327. The van der Waals surface area contributed by atoms with Crippen molar-refractivity contribution in [2.45, 2.75) is 32.1 Å². The molecule has 1 aliphatic rings. The normalized spacial score (nSPS) is 16.4. The number of carbonyl (C=O) groups excluding carboxylic acids is 1. The summed E-state index contributed by atoms with van der Waals surface area (Å²) in [7, 11) is -4.64. The Balaban J connectivity index is 0.000000658. The van der Waals surface area contributed by atoms with Crippen LogP contribution < -0.4 is 4.90 Å². The molecule has 2 atom stereocenters. The number of benzene rings is 1. The predicted octanol–water partition coefficient (Wildman–Crippen LogP) is 1.68. The average molecular weight is 528 g/mol. The number of ether oxygens (including phenoxy) is 1. The molecule has 2 unspecified atom stereocenters. The number of pyridine rings is 1. The van der Waals surface area contributed by atoms with Crippen molar-refractivity contribution in [1.82, 2.24) is 25.2 Å². The number of carbonyl (C=O) groups is 1. The van der Waals surface area contributed by atoms with Gasteiger partial charge in [-0.2, -0.15) is 4.80 Å². The van der Waals surface area contributed by atoms with Gasteiger partial charge >= 0.3 is 13.9 Å². The van der Waals surface area contributed by atoms with Crippen molar-refractivity contribution in [3.8, 4) is 22.6 Å². The lowest BCUT2D eigenvalue weighted by atomic mass is 10.1. The fourth-order valence-electron chi connectivity index (χ4n) is 3.23. The molecule has 1 aliphatic heterocycles. The summed E-state index contributed by atoms with van der Waals surface area (Å²) in [6.07, 6.45) is -0.795. The van der Waals surface area contributed by atoms with E-state index in [2.05, 4.69) is 20.4 Å². The minimum atomic E-state index is -4.64. The Morgan fingerprint density at radius 2 is 1.97 bits per heavy atom. The van der Waals surface area contributed by atoms with Crippen molar-refractivity contribution in [2.75, 3.05) is 18.1 Å². The molecule has 13 nitrogen and oxygen atoms in total. The molecular weight excluding hydrogens is 505 g/mol. The van der Waals surface area contributed by atoms with Crippen LogP contribution in [0.15, 0.2) is 36.5 Å². The molecule has 0 radical (unpaired) electrons. The van der Waals surface area contributed by atoms with Crippen LogP contribution in [0, 0.1) is 5.82 Å². The molecule has 0 spiro atoms. The monoisotopic (exact) mass is 528 g/mol. The van der Waals surface area contributed by atoms with Crippen molar-refractivity contribution in [2.24, 2.45) is 0 Å². The first-order valence-electron chi connectivity index (χ1n) is 10.5. The molecule has 1 amide bonds. The van der Waals surface area contributed by atoms with Gasteiger partial charge in [0.05, 0.1) is 18.8 Å². The van der Waals surface area contributed by atoms with E-state index in [-0.39, 0.29) is 12.2 Å². The van der Waals surface area contributed by atoms with Crippen LogP contribution in [0.4, 0.5) is 19.3 Å². The second-order valence-corrected chi connectivity index (χ2v) is 8.60. The number of aromatic nitrogens is 5. The van der Waals surface area contributed by atoms with E-state index in [1.54, 1.807) is 18.2 Å². The van der Waals surface area contributed by atoms with Crippen LogP contribution in [0.2, 0.25) is 0 Å². The van der Waals surface area contributed by atoms with E-state index in [0.29, 0.717) is 29.2 Å². The summed E-state index contributed by atoms with van der Waals surface area (Å²) in [6, 6.07) is 7.63. The summed E-state index contributed by atoms with van der Waals surface area (Å²) in [5.41, 5.74) is 1.59. The maximum absolute atomic E-state index is 14.8. The van der Waals surface area contributed by atoms with E-state index < -0.39 is 38.6 Å². The molecule has 0 saturated carbocycles. The molecule has 1 saturated heterocycles. The molecule has 1 aromatic carbocycles. The van der Waals surface area contributed by atoms with Gasteiger partial charge in [0.1, 0.15) is 24.3 Å².